The molecule has 0 aliphatic rings. The molecule has 0 saturated heterocycles. The zero-order chi connectivity index (χ0) is 12.7. The number of rotatable bonds is 2. The van der Waals surface area contributed by atoms with E-state index in [0.717, 1.165) is 0 Å². The molecule has 0 heterocycles. The van der Waals surface area contributed by atoms with Crippen LogP contribution in [-0.2, 0) is 4.79 Å². The van der Waals surface area contributed by atoms with Crippen molar-refractivity contribution in [2.45, 2.75) is 13.3 Å². The molecule has 4 heteroatoms. The minimum absolute atomic E-state index is 0.0151. The maximum atomic E-state index is 13.5. The van der Waals surface area contributed by atoms with Gasteiger partial charge in [0.15, 0.2) is 5.82 Å². The number of nitriles is 1. The lowest BCUT2D eigenvalue weighted by Gasteiger charge is -1.96. The third kappa shape index (κ3) is 3.96. The predicted octanol–water partition coefficient (Wildman–Crippen LogP) is 1.58. The zero-order valence-corrected chi connectivity index (χ0v) is 9.38. The number of amides is 1. The maximum absolute atomic E-state index is 13.5. The second-order valence-corrected chi connectivity index (χ2v) is 3.31. The Bertz CT molecular complexity index is 520. The Morgan fingerprint density at radius 3 is 2.82 bits per heavy atom. The molecule has 1 amide bonds. The van der Waals surface area contributed by atoms with Crippen LogP contribution in [0.5, 0.6) is 0 Å². The third-order valence-electron chi connectivity index (χ3n) is 1.97. The molecule has 0 aromatic heterocycles. The van der Waals surface area contributed by atoms with E-state index >= 15 is 0 Å². The molecular formula is C13H11FN2O. The largest absolute Gasteiger partial charge is 0.355 e. The summed E-state index contributed by atoms with van der Waals surface area (Å²) in [5.41, 5.74) is 0.186. The lowest BCUT2D eigenvalue weighted by Crippen LogP contribution is -2.20. The molecule has 3 nitrogen and oxygen atoms in total. The van der Waals surface area contributed by atoms with E-state index in [2.05, 4.69) is 17.2 Å². The van der Waals surface area contributed by atoms with E-state index in [1.165, 1.54) is 19.1 Å². The van der Waals surface area contributed by atoms with Gasteiger partial charge in [0.2, 0.25) is 5.91 Å². The fourth-order valence-corrected chi connectivity index (χ4v) is 1.17. The summed E-state index contributed by atoms with van der Waals surface area (Å²) >= 11 is 0. The lowest BCUT2D eigenvalue weighted by molar-refractivity contribution is -0.118. The summed E-state index contributed by atoms with van der Waals surface area (Å²) in [4.78, 5) is 10.6. The fourth-order valence-electron chi connectivity index (χ4n) is 1.17. The Kier molecular flexibility index (Phi) is 4.72. The van der Waals surface area contributed by atoms with Crippen LogP contribution in [0.4, 0.5) is 4.39 Å². The Morgan fingerprint density at radius 2 is 2.18 bits per heavy atom. The fraction of sp³-hybridized carbons (Fsp3) is 0.231. The van der Waals surface area contributed by atoms with Crippen LogP contribution in [0.25, 0.3) is 0 Å². The number of carbonyl (C=O) groups is 1. The number of benzene rings is 1. The van der Waals surface area contributed by atoms with E-state index < -0.39 is 5.82 Å². The summed E-state index contributed by atoms with van der Waals surface area (Å²) in [6.45, 7) is 1.85. The summed E-state index contributed by atoms with van der Waals surface area (Å²) in [6, 6.07) is 6.25. The van der Waals surface area contributed by atoms with Crippen molar-refractivity contribution in [3.63, 3.8) is 0 Å². The number of nitrogens with one attached hydrogen (secondary N) is 1. The van der Waals surface area contributed by atoms with Crippen molar-refractivity contribution < 1.29 is 9.18 Å². The van der Waals surface area contributed by atoms with E-state index in [0.29, 0.717) is 13.0 Å². The Hall–Kier alpha value is -2.33. The first-order valence-corrected chi connectivity index (χ1v) is 5.07. The molecule has 0 unspecified atom stereocenters. The highest BCUT2D eigenvalue weighted by molar-refractivity contribution is 5.72. The molecule has 0 radical (unpaired) electrons. The van der Waals surface area contributed by atoms with E-state index in [-0.39, 0.29) is 17.0 Å². The van der Waals surface area contributed by atoms with Crippen molar-refractivity contribution in [1.82, 2.24) is 5.32 Å². The molecule has 0 bridgehead atoms. The molecule has 1 aromatic rings. The van der Waals surface area contributed by atoms with Gasteiger partial charge < -0.3 is 5.32 Å². The van der Waals surface area contributed by atoms with Gasteiger partial charge in [-0.15, -0.1) is 0 Å². The Morgan fingerprint density at radius 1 is 1.47 bits per heavy atom. The number of nitrogens with zero attached hydrogens (tertiary/aromatic N) is 1. The molecule has 1 aromatic carbocycles. The highest BCUT2D eigenvalue weighted by Gasteiger charge is 2.04. The second kappa shape index (κ2) is 6.30. The van der Waals surface area contributed by atoms with Crippen LogP contribution in [0.3, 0.4) is 0 Å². The third-order valence-corrected chi connectivity index (χ3v) is 1.97. The maximum Gasteiger partial charge on any atom is 0.216 e. The zero-order valence-electron chi connectivity index (χ0n) is 9.38. The number of halogens is 1. The summed E-state index contributed by atoms with van der Waals surface area (Å²) in [6.07, 6.45) is 0.440. The number of hydrogen-bond donors (Lipinski definition) is 1. The van der Waals surface area contributed by atoms with Crippen LogP contribution in [-0.4, -0.2) is 12.5 Å². The van der Waals surface area contributed by atoms with Crippen molar-refractivity contribution in [3.8, 4) is 17.9 Å². The molecule has 1 N–H and O–H groups in total. The quantitative estimate of drug-likeness (QED) is 0.619. The molecule has 0 aliphatic heterocycles. The van der Waals surface area contributed by atoms with Gasteiger partial charge in [-0.1, -0.05) is 17.9 Å². The molecule has 0 atom stereocenters. The Labute approximate surface area is 99.3 Å². The molecule has 0 aliphatic carbocycles. The molecule has 17 heavy (non-hydrogen) atoms. The summed E-state index contributed by atoms with van der Waals surface area (Å²) in [5, 5.41) is 11.2. The molecule has 0 fully saturated rings. The van der Waals surface area contributed by atoms with E-state index in [1.54, 1.807) is 12.1 Å². The van der Waals surface area contributed by atoms with E-state index in [1.807, 2.05) is 0 Å². The van der Waals surface area contributed by atoms with E-state index in [9.17, 15) is 9.18 Å². The summed E-state index contributed by atoms with van der Waals surface area (Å²) in [7, 11) is 0. The first-order chi connectivity index (χ1) is 8.15. The summed E-state index contributed by atoms with van der Waals surface area (Å²) < 4.78 is 13.5. The highest BCUT2D eigenvalue weighted by Crippen LogP contribution is 2.10. The van der Waals surface area contributed by atoms with Gasteiger partial charge in [-0.2, -0.15) is 5.26 Å². The van der Waals surface area contributed by atoms with Gasteiger partial charge in [-0.3, -0.25) is 4.79 Å². The minimum Gasteiger partial charge on any atom is -0.355 e. The minimum atomic E-state index is -0.595. The highest BCUT2D eigenvalue weighted by atomic mass is 19.1. The van der Waals surface area contributed by atoms with Crippen molar-refractivity contribution >= 4 is 5.91 Å². The van der Waals surface area contributed by atoms with Gasteiger partial charge in [0.25, 0.3) is 0 Å². The first kappa shape index (κ1) is 12.7. The van der Waals surface area contributed by atoms with Crippen LogP contribution in [0, 0.1) is 29.0 Å². The molecule has 1 rings (SSSR count). The standard InChI is InChI=1S/C13H11FN2O/c1-10(17)16-8-3-2-5-11-6-4-7-12(9-15)13(11)14/h4,6-7H,3,8H2,1H3,(H,16,17). The predicted molar refractivity (Wildman–Crippen MR) is 61.3 cm³/mol. The topological polar surface area (TPSA) is 52.9 Å². The van der Waals surface area contributed by atoms with Gasteiger partial charge in [-0.25, -0.2) is 4.39 Å². The van der Waals surface area contributed by atoms with Gasteiger partial charge >= 0.3 is 0 Å². The van der Waals surface area contributed by atoms with Crippen LogP contribution in [0.15, 0.2) is 18.2 Å². The average molecular weight is 230 g/mol. The number of carbonyl (C=O) groups excluding carboxylic acids is 1. The van der Waals surface area contributed by atoms with Crippen molar-refractivity contribution in [2.75, 3.05) is 6.54 Å². The van der Waals surface area contributed by atoms with Gasteiger partial charge in [0.1, 0.15) is 6.07 Å². The van der Waals surface area contributed by atoms with Gasteiger partial charge in [0.05, 0.1) is 11.1 Å². The smallest absolute Gasteiger partial charge is 0.216 e. The molecule has 86 valence electrons. The van der Waals surface area contributed by atoms with Crippen LogP contribution in [0.2, 0.25) is 0 Å². The van der Waals surface area contributed by atoms with Crippen LogP contribution < -0.4 is 5.32 Å². The SMILES string of the molecule is CC(=O)NCCC#Cc1cccc(C#N)c1F. The van der Waals surface area contributed by atoms with Crippen LogP contribution >= 0.6 is 0 Å². The van der Waals surface area contributed by atoms with Crippen LogP contribution in [0.1, 0.15) is 24.5 Å². The molecule has 0 spiro atoms. The normalized spacial score (nSPS) is 8.76. The first-order valence-electron chi connectivity index (χ1n) is 5.07. The van der Waals surface area contributed by atoms with Crippen molar-refractivity contribution in [1.29, 1.82) is 5.26 Å². The lowest BCUT2D eigenvalue weighted by atomic mass is 10.1. The average Bonchev–Trinajstić information content (AvgIpc) is 2.30. The summed E-state index contributed by atoms with van der Waals surface area (Å²) in [5.74, 6) is 4.65. The van der Waals surface area contributed by atoms with Gasteiger partial charge in [0, 0.05) is 19.9 Å². The van der Waals surface area contributed by atoms with Crippen molar-refractivity contribution in [2.24, 2.45) is 0 Å². The number of hydrogen-bond acceptors (Lipinski definition) is 2. The Balaban J connectivity index is 2.67. The van der Waals surface area contributed by atoms with Crippen molar-refractivity contribution in [3.05, 3.63) is 35.1 Å². The second-order valence-electron chi connectivity index (χ2n) is 3.31. The van der Waals surface area contributed by atoms with E-state index in [4.69, 9.17) is 5.26 Å². The van der Waals surface area contributed by atoms with Gasteiger partial charge in [-0.05, 0) is 12.1 Å². The molecular weight excluding hydrogens is 219 g/mol. The molecule has 0 saturated carbocycles. The monoisotopic (exact) mass is 230 g/mol.